The standard InChI is InChI=1S/C23H30N4O4S2/c1-15(2)26-13-10-18-19(14-26)32-23(20(18)21(24)28)25-22(29)16-6-8-17(9-7-16)33(30,31)27-11-4-3-5-12-27/h6-9,15H,3-5,10-14H2,1-2H3,(H2,24,28)(H,25,29)/p+1. The number of rotatable bonds is 6. The molecular formula is C23H31N4O4S2+. The number of thiophene rings is 1. The van der Waals surface area contributed by atoms with Gasteiger partial charge in [0.25, 0.3) is 11.8 Å². The Bertz CT molecular complexity index is 1150. The number of amides is 2. The number of carbonyl (C=O) groups is 2. The van der Waals surface area contributed by atoms with Crippen molar-refractivity contribution < 1.29 is 22.9 Å². The van der Waals surface area contributed by atoms with Gasteiger partial charge in [-0.3, -0.25) is 9.59 Å². The number of sulfonamides is 1. The Morgan fingerprint density at radius 1 is 1.12 bits per heavy atom. The smallest absolute Gasteiger partial charge is 0.256 e. The van der Waals surface area contributed by atoms with Gasteiger partial charge in [0.15, 0.2) is 0 Å². The van der Waals surface area contributed by atoms with Gasteiger partial charge in [-0.25, -0.2) is 8.42 Å². The first kappa shape index (κ1) is 23.9. The Morgan fingerprint density at radius 3 is 2.39 bits per heavy atom. The maximum absolute atomic E-state index is 12.9. The first-order valence-corrected chi connectivity index (χ1v) is 13.6. The molecule has 0 saturated carbocycles. The van der Waals surface area contributed by atoms with Gasteiger partial charge in [0.2, 0.25) is 10.0 Å². The first-order chi connectivity index (χ1) is 15.7. The van der Waals surface area contributed by atoms with E-state index in [1.807, 2.05) is 0 Å². The second kappa shape index (κ2) is 9.54. The molecule has 8 nitrogen and oxygen atoms in total. The highest BCUT2D eigenvalue weighted by molar-refractivity contribution is 7.89. The van der Waals surface area contributed by atoms with Crippen molar-refractivity contribution in [1.82, 2.24) is 4.31 Å². The molecule has 0 radical (unpaired) electrons. The van der Waals surface area contributed by atoms with E-state index >= 15 is 0 Å². The van der Waals surface area contributed by atoms with Crippen LogP contribution in [0.25, 0.3) is 0 Å². The van der Waals surface area contributed by atoms with Crippen molar-refractivity contribution in [2.75, 3.05) is 25.0 Å². The number of piperidine rings is 1. The summed E-state index contributed by atoms with van der Waals surface area (Å²) in [5, 5.41) is 3.31. The molecule has 0 aliphatic carbocycles. The number of nitrogens with two attached hydrogens (primary N) is 1. The first-order valence-electron chi connectivity index (χ1n) is 11.4. The zero-order valence-electron chi connectivity index (χ0n) is 19.0. The molecule has 1 aromatic carbocycles. The van der Waals surface area contributed by atoms with E-state index in [9.17, 15) is 18.0 Å². The fraction of sp³-hybridized carbons (Fsp3) is 0.478. The molecule has 0 bridgehead atoms. The van der Waals surface area contributed by atoms with Crippen molar-refractivity contribution in [3.05, 3.63) is 45.8 Å². The number of carbonyl (C=O) groups excluding carboxylic acids is 2. The fourth-order valence-electron chi connectivity index (χ4n) is 4.55. The molecule has 3 heterocycles. The van der Waals surface area contributed by atoms with Crippen LogP contribution in [0.3, 0.4) is 0 Å². The Morgan fingerprint density at radius 2 is 1.79 bits per heavy atom. The van der Waals surface area contributed by atoms with E-state index in [1.54, 1.807) is 0 Å². The number of nitrogens with one attached hydrogen (secondary N) is 2. The van der Waals surface area contributed by atoms with E-state index < -0.39 is 21.8 Å². The summed E-state index contributed by atoms with van der Waals surface area (Å²) in [7, 11) is -3.56. The third-order valence-corrected chi connectivity index (χ3v) is 9.59. The normalized spacial score (nSPS) is 19.3. The minimum atomic E-state index is -3.56. The lowest BCUT2D eigenvalue weighted by Crippen LogP contribution is -3.14. The molecule has 1 aromatic heterocycles. The summed E-state index contributed by atoms with van der Waals surface area (Å²) in [5.74, 6) is -0.940. The van der Waals surface area contributed by atoms with Crippen LogP contribution >= 0.6 is 11.3 Å². The van der Waals surface area contributed by atoms with Gasteiger partial charge >= 0.3 is 0 Å². The summed E-state index contributed by atoms with van der Waals surface area (Å²) in [6, 6.07) is 6.42. The molecule has 1 unspecified atom stereocenters. The lowest BCUT2D eigenvalue weighted by atomic mass is 10.0. The second-order valence-corrected chi connectivity index (χ2v) is 12.0. The summed E-state index contributed by atoms with van der Waals surface area (Å²) in [6.07, 6.45) is 3.52. The molecule has 2 amide bonds. The number of anilines is 1. The highest BCUT2D eigenvalue weighted by Gasteiger charge is 2.31. The molecule has 1 fully saturated rings. The molecule has 0 spiro atoms. The summed E-state index contributed by atoms with van der Waals surface area (Å²) in [4.78, 5) is 27.8. The Hall–Kier alpha value is -2.27. The van der Waals surface area contributed by atoms with Gasteiger partial charge in [-0.1, -0.05) is 6.42 Å². The summed E-state index contributed by atoms with van der Waals surface area (Å²) in [5.41, 5.74) is 7.33. The second-order valence-electron chi connectivity index (χ2n) is 9.01. The summed E-state index contributed by atoms with van der Waals surface area (Å²) in [6.45, 7) is 7.11. The van der Waals surface area contributed by atoms with E-state index in [1.165, 1.54) is 44.8 Å². The van der Waals surface area contributed by atoms with Gasteiger partial charge in [0, 0.05) is 25.1 Å². The van der Waals surface area contributed by atoms with Crippen LogP contribution in [0.2, 0.25) is 0 Å². The third kappa shape index (κ3) is 4.84. The van der Waals surface area contributed by atoms with Crippen LogP contribution in [0.15, 0.2) is 29.2 Å². The van der Waals surface area contributed by atoms with Crippen LogP contribution in [0.4, 0.5) is 5.00 Å². The highest BCUT2D eigenvalue weighted by atomic mass is 32.2. The summed E-state index contributed by atoms with van der Waals surface area (Å²) < 4.78 is 27.2. The number of hydrogen-bond donors (Lipinski definition) is 3. The zero-order valence-corrected chi connectivity index (χ0v) is 20.7. The van der Waals surface area contributed by atoms with E-state index in [-0.39, 0.29) is 4.90 Å². The molecule has 10 heteroatoms. The monoisotopic (exact) mass is 491 g/mol. The average molecular weight is 492 g/mol. The molecule has 1 saturated heterocycles. The molecule has 2 aliphatic heterocycles. The Balaban J connectivity index is 1.53. The van der Waals surface area contributed by atoms with Crippen molar-refractivity contribution in [1.29, 1.82) is 0 Å². The number of primary amides is 1. The lowest BCUT2D eigenvalue weighted by Gasteiger charge is -2.27. The van der Waals surface area contributed by atoms with Gasteiger partial charge in [0.1, 0.15) is 11.5 Å². The molecule has 4 rings (SSSR count). The van der Waals surface area contributed by atoms with Crippen molar-refractivity contribution >= 4 is 38.2 Å². The van der Waals surface area contributed by atoms with Crippen LogP contribution in [0.5, 0.6) is 0 Å². The minimum absolute atomic E-state index is 0.183. The number of hydrogen-bond acceptors (Lipinski definition) is 5. The Labute approximate surface area is 198 Å². The van der Waals surface area contributed by atoms with Crippen LogP contribution in [0.1, 0.15) is 64.3 Å². The number of quaternary nitrogens is 1. The molecule has 178 valence electrons. The van der Waals surface area contributed by atoms with Crippen LogP contribution < -0.4 is 16.0 Å². The molecule has 4 N–H and O–H groups in total. The third-order valence-electron chi connectivity index (χ3n) is 6.53. The zero-order chi connectivity index (χ0) is 23.8. The lowest BCUT2D eigenvalue weighted by molar-refractivity contribution is -0.936. The van der Waals surface area contributed by atoms with Crippen molar-refractivity contribution in [2.45, 2.75) is 57.0 Å². The quantitative estimate of drug-likeness (QED) is 0.570. The minimum Gasteiger partial charge on any atom is -0.365 e. The molecule has 33 heavy (non-hydrogen) atoms. The predicted molar refractivity (Wildman–Crippen MR) is 128 cm³/mol. The highest BCUT2D eigenvalue weighted by Crippen LogP contribution is 2.35. The number of fused-ring (bicyclic) bond motifs is 1. The fourth-order valence-corrected chi connectivity index (χ4v) is 7.37. The van der Waals surface area contributed by atoms with Gasteiger partial charge in [-0.15, -0.1) is 11.3 Å². The molecule has 1 atom stereocenters. The van der Waals surface area contributed by atoms with Gasteiger partial charge in [-0.2, -0.15) is 4.31 Å². The van der Waals surface area contributed by atoms with Crippen LogP contribution in [-0.2, 0) is 23.0 Å². The molecule has 2 aromatic rings. The molecular weight excluding hydrogens is 460 g/mol. The maximum Gasteiger partial charge on any atom is 0.256 e. The van der Waals surface area contributed by atoms with Crippen molar-refractivity contribution in [3.8, 4) is 0 Å². The van der Waals surface area contributed by atoms with E-state index in [4.69, 9.17) is 5.73 Å². The van der Waals surface area contributed by atoms with Gasteiger partial charge in [0.05, 0.1) is 27.9 Å². The number of nitrogens with zero attached hydrogens (tertiary/aromatic N) is 1. The SMILES string of the molecule is CC(C)[NH+]1CCc2c(sc(NC(=O)c3ccc(S(=O)(=O)N4CCCCC4)cc3)c2C(N)=O)C1. The maximum atomic E-state index is 12.9. The molecule has 2 aliphatic rings. The van der Waals surface area contributed by atoms with Crippen LogP contribution in [0, 0.1) is 0 Å². The van der Waals surface area contributed by atoms with Gasteiger partial charge in [-0.05, 0) is 56.5 Å². The topological polar surface area (TPSA) is 114 Å². The van der Waals surface area contributed by atoms with Crippen LogP contribution in [-0.4, -0.2) is 50.2 Å². The largest absolute Gasteiger partial charge is 0.365 e. The van der Waals surface area contributed by atoms with Crippen molar-refractivity contribution in [2.24, 2.45) is 5.73 Å². The Kier molecular flexibility index (Phi) is 6.90. The van der Waals surface area contributed by atoms with E-state index in [2.05, 4.69) is 19.2 Å². The van der Waals surface area contributed by atoms with Gasteiger partial charge < -0.3 is 16.0 Å². The van der Waals surface area contributed by atoms with Crippen molar-refractivity contribution in [3.63, 3.8) is 0 Å². The van der Waals surface area contributed by atoms with E-state index in [0.717, 1.165) is 49.2 Å². The average Bonchev–Trinajstić information content (AvgIpc) is 3.16. The van der Waals surface area contributed by atoms with E-state index in [0.29, 0.717) is 35.3 Å². The summed E-state index contributed by atoms with van der Waals surface area (Å²) >= 11 is 1.40. The predicted octanol–water partition coefficient (Wildman–Crippen LogP) is 1.62. The number of benzene rings is 1.